The number of nitrogens with zero attached hydrogens (tertiary/aromatic N) is 3. The first-order valence-corrected chi connectivity index (χ1v) is 6.33. The maximum absolute atomic E-state index is 11.8. The Morgan fingerprint density at radius 3 is 2.95 bits per heavy atom. The zero-order valence-electron chi connectivity index (χ0n) is 11.5. The number of ether oxygens (including phenoxy) is 1. The van der Waals surface area contributed by atoms with E-state index in [1.54, 1.807) is 12.1 Å². The molecule has 7 heteroatoms. The molecule has 0 unspecified atom stereocenters. The zero-order valence-corrected chi connectivity index (χ0v) is 11.5. The van der Waals surface area contributed by atoms with Crippen molar-refractivity contribution >= 4 is 23.0 Å². The number of nitrogens with one attached hydrogen (secondary N) is 1. The summed E-state index contributed by atoms with van der Waals surface area (Å²) in [6.07, 6.45) is 0.943. The minimum atomic E-state index is -0.249. The van der Waals surface area contributed by atoms with Gasteiger partial charge in [-0.15, -0.1) is 0 Å². The summed E-state index contributed by atoms with van der Waals surface area (Å²) in [5.41, 5.74) is 1.29. The number of hydrogen-bond donors (Lipinski definition) is 1. The van der Waals surface area contributed by atoms with Gasteiger partial charge in [-0.3, -0.25) is 4.79 Å². The highest BCUT2D eigenvalue weighted by atomic mass is 16.5. The molecule has 0 aliphatic carbocycles. The maximum Gasteiger partial charge on any atom is 0.318 e. The van der Waals surface area contributed by atoms with Gasteiger partial charge in [0.1, 0.15) is 5.52 Å². The third-order valence-corrected chi connectivity index (χ3v) is 3.02. The normalized spacial score (nSPS) is 10.5. The third kappa shape index (κ3) is 2.93. The summed E-state index contributed by atoms with van der Waals surface area (Å²) >= 11 is 0. The number of benzene rings is 1. The Balaban J connectivity index is 2.13. The molecule has 0 spiro atoms. The molecule has 0 aliphatic heterocycles. The SMILES string of the molecule is COC(=O)CCCNc1n[n+](=O)c2ccccc2n1C. The van der Waals surface area contributed by atoms with E-state index in [0.29, 0.717) is 35.4 Å². The van der Waals surface area contributed by atoms with E-state index < -0.39 is 0 Å². The van der Waals surface area contributed by atoms with E-state index in [9.17, 15) is 9.70 Å². The topological polar surface area (TPSA) is 79.1 Å². The highest BCUT2D eigenvalue weighted by Crippen LogP contribution is 2.11. The van der Waals surface area contributed by atoms with Gasteiger partial charge in [-0.05, 0) is 12.5 Å². The fourth-order valence-corrected chi connectivity index (χ4v) is 1.92. The molecule has 0 fully saturated rings. The molecule has 0 atom stereocenters. The van der Waals surface area contributed by atoms with Crippen LogP contribution in [0.5, 0.6) is 0 Å². The fraction of sp³-hybridized carbons (Fsp3) is 0.385. The molecule has 2 aromatic rings. The van der Waals surface area contributed by atoms with Gasteiger partial charge in [0, 0.05) is 26.1 Å². The summed E-state index contributed by atoms with van der Waals surface area (Å²) in [5, 5.41) is 6.98. The summed E-state index contributed by atoms with van der Waals surface area (Å²) in [6, 6.07) is 7.23. The highest BCUT2D eigenvalue weighted by Gasteiger charge is 2.14. The molecule has 1 aromatic carbocycles. The van der Waals surface area contributed by atoms with Crippen molar-refractivity contribution in [3.63, 3.8) is 0 Å². The number of carbonyl (C=O) groups excluding carboxylic acids is 1. The molecule has 0 radical (unpaired) electrons. The highest BCUT2D eigenvalue weighted by molar-refractivity contribution is 5.72. The Hall–Kier alpha value is -2.44. The number of aryl methyl sites for hydroxylation is 1. The average Bonchev–Trinajstić information content (AvgIpc) is 2.48. The summed E-state index contributed by atoms with van der Waals surface area (Å²) in [4.78, 5) is 22.8. The van der Waals surface area contributed by atoms with Gasteiger partial charge in [0.15, 0.2) is 4.54 Å². The van der Waals surface area contributed by atoms with E-state index in [-0.39, 0.29) is 5.97 Å². The minimum absolute atomic E-state index is 0.249. The molecule has 2 rings (SSSR count). The number of hydrogen-bond acceptors (Lipinski definition) is 5. The van der Waals surface area contributed by atoms with Gasteiger partial charge in [0.25, 0.3) is 5.95 Å². The molecular formula is C13H17N4O3+. The van der Waals surface area contributed by atoms with Gasteiger partial charge in [-0.2, -0.15) is 0 Å². The molecule has 106 valence electrons. The second kappa shape index (κ2) is 6.14. The Labute approximate surface area is 115 Å². The van der Waals surface area contributed by atoms with Crippen molar-refractivity contribution in [2.75, 3.05) is 19.0 Å². The molecule has 0 bridgehead atoms. The van der Waals surface area contributed by atoms with E-state index in [0.717, 1.165) is 5.52 Å². The van der Waals surface area contributed by atoms with Crippen molar-refractivity contribution in [2.45, 2.75) is 12.8 Å². The lowest BCUT2D eigenvalue weighted by Crippen LogP contribution is -2.26. The van der Waals surface area contributed by atoms with Crippen molar-refractivity contribution in [1.82, 2.24) is 9.67 Å². The number of rotatable bonds is 5. The second-order valence-corrected chi connectivity index (χ2v) is 4.35. The summed E-state index contributed by atoms with van der Waals surface area (Å²) < 4.78 is 6.96. The van der Waals surface area contributed by atoms with Crippen molar-refractivity contribution in [3.05, 3.63) is 29.2 Å². The van der Waals surface area contributed by atoms with Crippen molar-refractivity contribution < 1.29 is 14.1 Å². The van der Waals surface area contributed by atoms with Crippen LogP contribution in [0.3, 0.4) is 0 Å². The van der Waals surface area contributed by atoms with Crippen LogP contribution in [0.4, 0.5) is 5.95 Å². The maximum atomic E-state index is 11.8. The first-order chi connectivity index (χ1) is 9.63. The molecule has 1 heterocycles. The van der Waals surface area contributed by atoms with E-state index in [1.165, 1.54) is 7.11 Å². The number of para-hydroxylation sites is 2. The van der Waals surface area contributed by atoms with Gasteiger partial charge in [-0.25, -0.2) is 0 Å². The molecule has 7 nitrogen and oxygen atoms in total. The first kappa shape index (κ1) is 14.0. The van der Waals surface area contributed by atoms with Gasteiger partial charge < -0.3 is 14.6 Å². The fourth-order valence-electron chi connectivity index (χ4n) is 1.92. The molecule has 1 N–H and O–H groups in total. The monoisotopic (exact) mass is 277 g/mol. The smallest absolute Gasteiger partial charge is 0.318 e. The predicted molar refractivity (Wildman–Crippen MR) is 73.8 cm³/mol. The van der Waals surface area contributed by atoms with Crippen LogP contribution in [0.15, 0.2) is 24.3 Å². The molecule has 20 heavy (non-hydrogen) atoms. The van der Waals surface area contributed by atoms with Gasteiger partial charge >= 0.3 is 11.5 Å². The molecule has 1 aromatic heterocycles. The molecular weight excluding hydrogens is 260 g/mol. The van der Waals surface area contributed by atoms with E-state index in [1.807, 2.05) is 23.7 Å². The van der Waals surface area contributed by atoms with Crippen molar-refractivity contribution in [2.24, 2.45) is 7.05 Å². The molecule has 0 aliphatic rings. The predicted octanol–water partition coefficient (Wildman–Crippen LogP) is 0.853. The summed E-state index contributed by atoms with van der Waals surface area (Å²) in [6.45, 7) is 0.536. The lowest BCUT2D eigenvalue weighted by atomic mass is 10.3. The van der Waals surface area contributed by atoms with Crippen LogP contribution in [0.25, 0.3) is 11.0 Å². The summed E-state index contributed by atoms with van der Waals surface area (Å²) in [5.74, 6) is 0.213. The number of anilines is 1. The van der Waals surface area contributed by atoms with Gasteiger partial charge in [-0.1, -0.05) is 12.1 Å². The molecule has 0 saturated carbocycles. The largest absolute Gasteiger partial charge is 0.469 e. The number of esters is 1. The zero-order chi connectivity index (χ0) is 14.5. The Kier molecular flexibility index (Phi) is 4.29. The van der Waals surface area contributed by atoms with Gasteiger partial charge in [0.2, 0.25) is 0 Å². The van der Waals surface area contributed by atoms with Crippen LogP contribution >= 0.6 is 0 Å². The number of aromatic nitrogens is 3. The standard InChI is InChI=1S/C13H17N4O3/c1-16-10-6-3-4-7-11(10)17(19)15-13(16)14-9-5-8-12(18)20-2/h3-4,6-7H,5,8-9H2,1-2H3,(H,14,15,19)/q+1. The minimum Gasteiger partial charge on any atom is -0.469 e. The van der Waals surface area contributed by atoms with E-state index in [2.05, 4.69) is 15.2 Å². The van der Waals surface area contributed by atoms with Gasteiger partial charge in [0.05, 0.1) is 17.1 Å². The van der Waals surface area contributed by atoms with Crippen LogP contribution in [-0.4, -0.2) is 29.3 Å². The quantitative estimate of drug-likeness (QED) is 0.498. The van der Waals surface area contributed by atoms with Crippen LogP contribution in [0.1, 0.15) is 12.8 Å². The number of fused-ring (bicyclic) bond motifs is 1. The lowest BCUT2D eigenvalue weighted by molar-refractivity contribution is -0.535. The first-order valence-electron chi connectivity index (χ1n) is 6.33. The lowest BCUT2D eigenvalue weighted by Gasteiger charge is -2.07. The molecule has 0 amide bonds. The van der Waals surface area contributed by atoms with E-state index >= 15 is 0 Å². The van der Waals surface area contributed by atoms with E-state index in [4.69, 9.17) is 0 Å². The molecule has 0 saturated heterocycles. The number of methoxy groups -OCH3 is 1. The van der Waals surface area contributed by atoms with Crippen LogP contribution in [0, 0.1) is 4.91 Å². The van der Waals surface area contributed by atoms with Crippen molar-refractivity contribution in [3.8, 4) is 0 Å². The third-order valence-electron chi connectivity index (χ3n) is 3.02. The van der Waals surface area contributed by atoms with Crippen molar-refractivity contribution in [1.29, 1.82) is 0 Å². The Bertz CT molecular complexity index is 681. The average molecular weight is 277 g/mol. The Morgan fingerprint density at radius 1 is 1.45 bits per heavy atom. The summed E-state index contributed by atoms with van der Waals surface area (Å²) in [7, 11) is 3.19. The Morgan fingerprint density at radius 2 is 2.20 bits per heavy atom. The van der Waals surface area contributed by atoms with Crippen LogP contribution in [-0.2, 0) is 16.6 Å². The van der Waals surface area contributed by atoms with Crippen LogP contribution < -0.4 is 9.86 Å². The van der Waals surface area contributed by atoms with Crippen LogP contribution in [0.2, 0.25) is 0 Å². The second-order valence-electron chi connectivity index (χ2n) is 4.35. The number of carbonyl (C=O) groups is 1.